The van der Waals surface area contributed by atoms with Crippen molar-refractivity contribution in [2.75, 3.05) is 48.9 Å². The van der Waals surface area contributed by atoms with E-state index in [1.165, 1.54) is 6.42 Å². The normalized spacial score (nSPS) is 19.2. The molecule has 118 valence electrons. The smallest absolute Gasteiger partial charge is 0.232 e. The molecule has 2 rings (SSSR count). The lowest BCUT2D eigenvalue weighted by Gasteiger charge is -2.29. The summed E-state index contributed by atoms with van der Waals surface area (Å²) >= 11 is 0. The maximum absolute atomic E-state index is 9.66. The van der Waals surface area contributed by atoms with Crippen molar-refractivity contribution in [3.05, 3.63) is 0 Å². The minimum atomic E-state index is 0.0967. The van der Waals surface area contributed by atoms with Crippen LogP contribution >= 0.6 is 0 Å². The van der Waals surface area contributed by atoms with Gasteiger partial charge in [0, 0.05) is 27.2 Å². The van der Waals surface area contributed by atoms with Gasteiger partial charge in [0.05, 0.1) is 12.6 Å². The van der Waals surface area contributed by atoms with Crippen molar-refractivity contribution in [1.82, 2.24) is 15.0 Å². The standard InChI is InChI=1S/C14H26N6O/c1-4-15-12-16-13(19(2)3)18-14(17-12)20-9-7-5-6-8-11(20)10-21/h11,21H,4-10H2,1-3H3,(H,15,16,17,18). The monoisotopic (exact) mass is 294 g/mol. The summed E-state index contributed by atoms with van der Waals surface area (Å²) in [4.78, 5) is 17.5. The Hall–Kier alpha value is -1.63. The third kappa shape index (κ3) is 3.93. The third-order valence-electron chi connectivity index (χ3n) is 3.69. The average Bonchev–Trinajstić information content (AvgIpc) is 2.72. The van der Waals surface area contributed by atoms with Crippen LogP contribution in [-0.2, 0) is 0 Å². The van der Waals surface area contributed by atoms with Crippen molar-refractivity contribution < 1.29 is 5.11 Å². The molecular formula is C14H26N6O. The van der Waals surface area contributed by atoms with Crippen molar-refractivity contribution >= 4 is 17.8 Å². The van der Waals surface area contributed by atoms with E-state index in [9.17, 15) is 5.11 Å². The molecule has 1 atom stereocenters. The van der Waals surface area contributed by atoms with E-state index in [0.29, 0.717) is 17.8 Å². The zero-order valence-electron chi connectivity index (χ0n) is 13.2. The first kappa shape index (κ1) is 15.8. The Labute approximate surface area is 126 Å². The van der Waals surface area contributed by atoms with Gasteiger partial charge in [-0.05, 0) is 19.8 Å². The van der Waals surface area contributed by atoms with Crippen LogP contribution in [0.5, 0.6) is 0 Å². The van der Waals surface area contributed by atoms with E-state index in [-0.39, 0.29) is 12.6 Å². The van der Waals surface area contributed by atoms with E-state index in [4.69, 9.17) is 0 Å². The summed E-state index contributed by atoms with van der Waals surface area (Å²) in [5.41, 5.74) is 0. The average molecular weight is 294 g/mol. The van der Waals surface area contributed by atoms with E-state index < -0.39 is 0 Å². The van der Waals surface area contributed by atoms with E-state index >= 15 is 0 Å². The van der Waals surface area contributed by atoms with Gasteiger partial charge in [-0.3, -0.25) is 0 Å². The Morgan fingerprint density at radius 3 is 2.71 bits per heavy atom. The Bertz CT molecular complexity index is 453. The number of aliphatic hydroxyl groups excluding tert-OH is 1. The van der Waals surface area contributed by atoms with Gasteiger partial charge in [-0.1, -0.05) is 12.8 Å². The number of nitrogens with one attached hydrogen (secondary N) is 1. The first-order valence-electron chi connectivity index (χ1n) is 7.70. The molecule has 1 unspecified atom stereocenters. The highest BCUT2D eigenvalue weighted by Gasteiger charge is 2.24. The van der Waals surface area contributed by atoms with Gasteiger partial charge < -0.3 is 20.2 Å². The molecule has 1 aliphatic rings. The van der Waals surface area contributed by atoms with Gasteiger partial charge in [0.15, 0.2) is 0 Å². The van der Waals surface area contributed by atoms with Crippen molar-refractivity contribution in [3.8, 4) is 0 Å². The Morgan fingerprint density at radius 1 is 1.24 bits per heavy atom. The summed E-state index contributed by atoms with van der Waals surface area (Å²) in [5, 5.41) is 12.8. The molecule has 0 radical (unpaired) electrons. The SMILES string of the molecule is CCNc1nc(N(C)C)nc(N2CCCCCC2CO)n1. The van der Waals surface area contributed by atoms with E-state index in [1.807, 2.05) is 25.9 Å². The zero-order chi connectivity index (χ0) is 15.2. The van der Waals surface area contributed by atoms with Crippen LogP contribution < -0.4 is 15.1 Å². The molecule has 0 spiro atoms. The number of hydrogen-bond donors (Lipinski definition) is 2. The van der Waals surface area contributed by atoms with Crippen LogP contribution in [0.4, 0.5) is 17.8 Å². The summed E-state index contributed by atoms with van der Waals surface area (Å²) in [6.07, 6.45) is 4.43. The third-order valence-corrected chi connectivity index (χ3v) is 3.69. The van der Waals surface area contributed by atoms with Gasteiger partial charge in [0.1, 0.15) is 0 Å². The number of nitrogens with zero attached hydrogens (tertiary/aromatic N) is 5. The molecule has 0 saturated carbocycles. The Balaban J connectivity index is 2.34. The first-order chi connectivity index (χ1) is 10.2. The molecular weight excluding hydrogens is 268 g/mol. The van der Waals surface area contributed by atoms with Crippen molar-refractivity contribution in [2.45, 2.75) is 38.6 Å². The summed E-state index contributed by atoms with van der Waals surface area (Å²) in [5.74, 6) is 1.88. The molecule has 21 heavy (non-hydrogen) atoms. The van der Waals surface area contributed by atoms with Crippen LogP contribution in [0, 0.1) is 0 Å². The van der Waals surface area contributed by atoms with Crippen molar-refractivity contribution in [3.63, 3.8) is 0 Å². The molecule has 1 saturated heterocycles. The summed E-state index contributed by atoms with van der Waals surface area (Å²) in [7, 11) is 3.83. The lowest BCUT2D eigenvalue weighted by Crippen LogP contribution is -2.39. The number of rotatable bonds is 5. The quantitative estimate of drug-likeness (QED) is 0.842. The van der Waals surface area contributed by atoms with Gasteiger partial charge in [0.2, 0.25) is 17.8 Å². The molecule has 0 aliphatic carbocycles. The zero-order valence-corrected chi connectivity index (χ0v) is 13.2. The van der Waals surface area contributed by atoms with Gasteiger partial charge in [-0.2, -0.15) is 15.0 Å². The molecule has 2 N–H and O–H groups in total. The predicted molar refractivity (Wildman–Crippen MR) is 85.0 cm³/mol. The fourth-order valence-corrected chi connectivity index (χ4v) is 2.55. The minimum absolute atomic E-state index is 0.0967. The van der Waals surface area contributed by atoms with Crippen LogP contribution in [0.15, 0.2) is 0 Å². The number of anilines is 3. The molecule has 0 amide bonds. The molecule has 0 aromatic carbocycles. The van der Waals surface area contributed by atoms with Crippen LogP contribution in [0.2, 0.25) is 0 Å². The van der Waals surface area contributed by atoms with E-state index in [2.05, 4.69) is 25.2 Å². The van der Waals surface area contributed by atoms with Gasteiger partial charge in [-0.15, -0.1) is 0 Å². The second-order valence-electron chi connectivity index (χ2n) is 5.56. The van der Waals surface area contributed by atoms with Crippen LogP contribution in [0.25, 0.3) is 0 Å². The predicted octanol–water partition coefficient (Wildman–Crippen LogP) is 1.11. The number of aliphatic hydroxyl groups is 1. The van der Waals surface area contributed by atoms with Crippen LogP contribution in [0.3, 0.4) is 0 Å². The Kier molecular flexibility index (Phi) is 5.55. The van der Waals surface area contributed by atoms with Crippen LogP contribution in [-0.4, -0.2) is 59.9 Å². The fraction of sp³-hybridized carbons (Fsp3) is 0.786. The minimum Gasteiger partial charge on any atom is -0.394 e. The van der Waals surface area contributed by atoms with Crippen molar-refractivity contribution in [1.29, 1.82) is 0 Å². The number of hydrogen-bond acceptors (Lipinski definition) is 7. The molecule has 2 heterocycles. The second kappa shape index (κ2) is 7.40. The largest absolute Gasteiger partial charge is 0.394 e. The van der Waals surface area contributed by atoms with Crippen molar-refractivity contribution in [2.24, 2.45) is 0 Å². The lowest BCUT2D eigenvalue weighted by molar-refractivity contribution is 0.254. The maximum atomic E-state index is 9.66. The molecule has 1 aromatic rings. The maximum Gasteiger partial charge on any atom is 0.232 e. The summed E-state index contributed by atoms with van der Waals surface area (Å²) in [6.45, 7) is 3.80. The molecule has 1 aromatic heterocycles. The van der Waals surface area contributed by atoms with E-state index in [1.54, 1.807) is 0 Å². The molecule has 1 aliphatic heterocycles. The first-order valence-corrected chi connectivity index (χ1v) is 7.70. The highest BCUT2D eigenvalue weighted by atomic mass is 16.3. The van der Waals surface area contributed by atoms with Gasteiger partial charge in [-0.25, -0.2) is 0 Å². The molecule has 7 nitrogen and oxygen atoms in total. The topological polar surface area (TPSA) is 77.4 Å². The fourth-order valence-electron chi connectivity index (χ4n) is 2.55. The molecule has 0 bridgehead atoms. The van der Waals surface area contributed by atoms with Crippen LogP contribution in [0.1, 0.15) is 32.6 Å². The highest BCUT2D eigenvalue weighted by molar-refractivity contribution is 5.45. The molecule has 1 fully saturated rings. The number of aromatic nitrogens is 3. The molecule has 7 heteroatoms. The second-order valence-corrected chi connectivity index (χ2v) is 5.56. The Morgan fingerprint density at radius 2 is 2.05 bits per heavy atom. The lowest BCUT2D eigenvalue weighted by atomic mass is 10.1. The van der Waals surface area contributed by atoms with Gasteiger partial charge in [0.25, 0.3) is 0 Å². The van der Waals surface area contributed by atoms with E-state index in [0.717, 1.165) is 32.4 Å². The summed E-state index contributed by atoms with van der Waals surface area (Å²) in [6, 6.07) is 0.0967. The summed E-state index contributed by atoms with van der Waals surface area (Å²) < 4.78 is 0. The van der Waals surface area contributed by atoms with Gasteiger partial charge >= 0.3 is 0 Å². The highest BCUT2D eigenvalue weighted by Crippen LogP contribution is 2.23.